The number of benzene rings is 1. The quantitative estimate of drug-likeness (QED) is 0.854. The van der Waals surface area contributed by atoms with E-state index in [2.05, 4.69) is 21.2 Å². The highest BCUT2D eigenvalue weighted by atomic mass is 79.9. The van der Waals surface area contributed by atoms with Crippen LogP contribution >= 0.6 is 15.9 Å². The van der Waals surface area contributed by atoms with Crippen molar-refractivity contribution in [3.8, 4) is 0 Å². The average molecular weight is 310 g/mol. The van der Waals surface area contributed by atoms with E-state index >= 15 is 0 Å². The summed E-state index contributed by atoms with van der Waals surface area (Å²) < 4.78 is 1.00. The minimum Gasteiger partial charge on any atom is -0.296 e. The Morgan fingerprint density at radius 2 is 1.83 bits per heavy atom. The molecule has 1 aromatic carbocycles. The van der Waals surface area contributed by atoms with Crippen molar-refractivity contribution in [1.29, 1.82) is 0 Å². The molecule has 0 radical (unpaired) electrons. The summed E-state index contributed by atoms with van der Waals surface area (Å²) in [7, 11) is 0. The lowest BCUT2D eigenvalue weighted by molar-refractivity contribution is -0.129. The van der Waals surface area contributed by atoms with E-state index in [1.54, 1.807) is 0 Å². The molecule has 96 valence electrons. The highest BCUT2D eigenvalue weighted by molar-refractivity contribution is 9.10. The second-order valence-corrected chi connectivity index (χ2v) is 6.01. The molecule has 2 rings (SSSR count). The molecule has 1 unspecified atom stereocenters. The van der Waals surface area contributed by atoms with Gasteiger partial charge in [0.25, 0.3) is 0 Å². The SMILES string of the molecule is CC(c1ccc(Br)cc1)[C@@]1(C)C(=O)NC(=O)[C@@H]1C. The molecule has 1 heterocycles. The predicted molar refractivity (Wildman–Crippen MR) is 73.0 cm³/mol. The van der Waals surface area contributed by atoms with Gasteiger partial charge in [0.05, 0.1) is 11.3 Å². The fourth-order valence-electron chi connectivity index (χ4n) is 2.49. The van der Waals surface area contributed by atoms with Gasteiger partial charge in [-0.3, -0.25) is 14.9 Å². The molecule has 2 amide bonds. The van der Waals surface area contributed by atoms with Gasteiger partial charge in [-0.2, -0.15) is 0 Å². The topological polar surface area (TPSA) is 46.2 Å². The standard InChI is InChI=1S/C14H16BrNO2/c1-8(10-4-6-11(15)7-5-10)14(3)9(2)12(17)16-13(14)18/h4-9H,1-3H3,(H,16,17,18)/t8?,9-,14+/m0/s1. The molecule has 1 aliphatic heterocycles. The number of rotatable bonds is 2. The van der Waals surface area contributed by atoms with Crippen LogP contribution in [0.25, 0.3) is 0 Å². The first-order valence-electron chi connectivity index (χ1n) is 5.98. The predicted octanol–water partition coefficient (Wildman–Crippen LogP) is 2.85. The molecular weight excluding hydrogens is 294 g/mol. The van der Waals surface area contributed by atoms with E-state index in [-0.39, 0.29) is 23.7 Å². The van der Waals surface area contributed by atoms with Crippen molar-refractivity contribution in [3.05, 3.63) is 34.3 Å². The largest absolute Gasteiger partial charge is 0.296 e. The summed E-state index contributed by atoms with van der Waals surface area (Å²) in [6.45, 7) is 5.68. The van der Waals surface area contributed by atoms with Crippen LogP contribution in [0.1, 0.15) is 32.3 Å². The Hall–Kier alpha value is -1.16. The maximum absolute atomic E-state index is 12.1. The molecule has 0 aliphatic carbocycles. The minimum atomic E-state index is -0.676. The van der Waals surface area contributed by atoms with Gasteiger partial charge in [-0.05, 0) is 30.5 Å². The summed E-state index contributed by atoms with van der Waals surface area (Å²) in [5, 5.41) is 2.43. The number of imide groups is 1. The van der Waals surface area contributed by atoms with Gasteiger partial charge in [0.15, 0.2) is 0 Å². The zero-order valence-electron chi connectivity index (χ0n) is 10.7. The van der Waals surface area contributed by atoms with Crippen molar-refractivity contribution in [3.63, 3.8) is 0 Å². The lowest BCUT2D eigenvalue weighted by atomic mass is 9.68. The molecule has 0 aromatic heterocycles. The second-order valence-electron chi connectivity index (χ2n) is 5.10. The Kier molecular flexibility index (Phi) is 3.32. The zero-order chi connectivity index (χ0) is 13.5. The Morgan fingerprint density at radius 1 is 1.28 bits per heavy atom. The van der Waals surface area contributed by atoms with Crippen LogP contribution in [0.4, 0.5) is 0 Å². The summed E-state index contributed by atoms with van der Waals surface area (Å²) in [6, 6.07) is 7.88. The first-order chi connectivity index (χ1) is 8.37. The molecule has 1 aliphatic rings. The normalized spacial score (nSPS) is 29.2. The summed E-state index contributed by atoms with van der Waals surface area (Å²) >= 11 is 3.39. The Bertz CT molecular complexity index is 497. The molecule has 0 spiro atoms. The van der Waals surface area contributed by atoms with Gasteiger partial charge in [0, 0.05) is 4.47 Å². The summed E-state index contributed by atoms with van der Waals surface area (Å²) in [6.07, 6.45) is 0. The molecule has 4 heteroatoms. The number of amides is 2. The molecule has 1 fully saturated rings. The molecule has 1 N–H and O–H groups in total. The van der Waals surface area contributed by atoms with Gasteiger partial charge in [0.2, 0.25) is 11.8 Å². The molecule has 1 saturated heterocycles. The van der Waals surface area contributed by atoms with E-state index in [9.17, 15) is 9.59 Å². The lowest BCUT2D eigenvalue weighted by Gasteiger charge is -2.32. The van der Waals surface area contributed by atoms with Gasteiger partial charge in [-0.25, -0.2) is 0 Å². The van der Waals surface area contributed by atoms with Crippen LogP contribution in [0.3, 0.4) is 0 Å². The van der Waals surface area contributed by atoms with E-state index < -0.39 is 5.41 Å². The fourth-order valence-corrected chi connectivity index (χ4v) is 2.76. The summed E-state index contributed by atoms with van der Waals surface area (Å²) in [4.78, 5) is 23.7. The molecular formula is C14H16BrNO2. The van der Waals surface area contributed by atoms with Crippen LogP contribution in [-0.4, -0.2) is 11.8 Å². The second kappa shape index (κ2) is 4.50. The van der Waals surface area contributed by atoms with Gasteiger partial charge in [-0.1, -0.05) is 41.9 Å². The smallest absolute Gasteiger partial charge is 0.233 e. The van der Waals surface area contributed by atoms with Crippen LogP contribution < -0.4 is 5.32 Å². The number of hydrogen-bond acceptors (Lipinski definition) is 2. The fraction of sp³-hybridized carbons (Fsp3) is 0.429. The molecule has 0 bridgehead atoms. The Morgan fingerprint density at radius 3 is 2.28 bits per heavy atom. The maximum atomic E-state index is 12.1. The zero-order valence-corrected chi connectivity index (χ0v) is 12.2. The van der Waals surface area contributed by atoms with Crippen molar-refractivity contribution in [1.82, 2.24) is 5.32 Å². The van der Waals surface area contributed by atoms with Crippen LogP contribution in [0.5, 0.6) is 0 Å². The third kappa shape index (κ3) is 1.88. The Labute approximate surface area is 115 Å². The van der Waals surface area contributed by atoms with Crippen LogP contribution in [0.15, 0.2) is 28.7 Å². The first kappa shape index (κ1) is 13.3. The molecule has 0 saturated carbocycles. The molecule has 1 aromatic rings. The monoisotopic (exact) mass is 309 g/mol. The third-order valence-electron chi connectivity index (χ3n) is 4.29. The van der Waals surface area contributed by atoms with Crippen LogP contribution in [-0.2, 0) is 9.59 Å². The lowest BCUT2D eigenvalue weighted by Crippen LogP contribution is -2.36. The molecule has 3 atom stereocenters. The third-order valence-corrected chi connectivity index (χ3v) is 4.82. The van der Waals surface area contributed by atoms with E-state index in [0.717, 1.165) is 10.0 Å². The number of carbonyl (C=O) groups is 2. The van der Waals surface area contributed by atoms with Gasteiger partial charge in [-0.15, -0.1) is 0 Å². The number of nitrogens with one attached hydrogen (secondary N) is 1. The summed E-state index contributed by atoms with van der Waals surface area (Å²) in [5.41, 5.74) is 0.391. The van der Waals surface area contributed by atoms with Crippen LogP contribution in [0.2, 0.25) is 0 Å². The summed E-state index contributed by atoms with van der Waals surface area (Å²) in [5.74, 6) is -0.655. The Balaban J connectivity index is 2.38. The van der Waals surface area contributed by atoms with E-state index in [1.807, 2.05) is 45.0 Å². The number of halogens is 1. The molecule has 18 heavy (non-hydrogen) atoms. The highest BCUT2D eigenvalue weighted by Gasteiger charge is 2.52. The number of hydrogen-bond donors (Lipinski definition) is 1. The van der Waals surface area contributed by atoms with Crippen molar-refractivity contribution < 1.29 is 9.59 Å². The maximum Gasteiger partial charge on any atom is 0.233 e. The van der Waals surface area contributed by atoms with E-state index in [0.29, 0.717) is 0 Å². The van der Waals surface area contributed by atoms with Crippen molar-refractivity contribution in [2.45, 2.75) is 26.7 Å². The van der Waals surface area contributed by atoms with Crippen molar-refractivity contribution in [2.75, 3.05) is 0 Å². The first-order valence-corrected chi connectivity index (χ1v) is 6.77. The van der Waals surface area contributed by atoms with Gasteiger partial charge in [0.1, 0.15) is 0 Å². The van der Waals surface area contributed by atoms with Crippen molar-refractivity contribution in [2.24, 2.45) is 11.3 Å². The highest BCUT2D eigenvalue weighted by Crippen LogP contribution is 2.45. The van der Waals surface area contributed by atoms with Crippen LogP contribution in [0, 0.1) is 11.3 Å². The minimum absolute atomic E-state index is 0.00736. The number of carbonyl (C=O) groups excluding carboxylic acids is 2. The van der Waals surface area contributed by atoms with E-state index in [1.165, 1.54) is 0 Å². The van der Waals surface area contributed by atoms with Gasteiger partial charge >= 0.3 is 0 Å². The van der Waals surface area contributed by atoms with Gasteiger partial charge < -0.3 is 0 Å². The average Bonchev–Trinajstić information content (AvgIpc) is 2.54. The van der Waals surface area contributed by atoms with Crippen molar-refractivity contribution >= 4 is 27.7 Å². The molecule has 3 nitrogen and oxygen atoms in total. The van der Waals surface area contributed by atoms with E-state index in [4.69, 9.17) is 0 Å².